The zero-order valence-electron chi connectivity index (χ0n) is 22.7. The fraction of sp³-hybridized carbons (Fsp3) is 0.577. The van der Waals surface area contributed by atoms with Crippen LogP contribution in [0.5, 0.6) is 5.75 Å². The predicted octanol–water partition coefficient (Wildman–Crippen LogP) is 2.15. The molecule has 0 radical (unpaired) electrons. The number of alkyl halides is 1. The number of H-pyrrole nitrogens is 1. The molecule has 7 atom stereocenters. The number of hydrogen-bond acceptors (Lipinski definition) is 10. The van der Waals surface area contributed by atoms with Crippen molar-refractivity contribution in [2.24, 2.45) is 5.92 Å². The monoisotopic (exact) mass is 599 g/mol. The molecule has 4 N–H and O–H groups in total. The van der Waals surface area contributed by atoms with Crippen molar-refractivity contribution in [1.29, 1.82) is 0 Å². The SMILES string of the molecule is CC(NP(=O)(OCC1(F)OC(n2ccc(=O)[nH]c2=O)C(C(C)O)C1O)Oc1ccccc1)C(=O)OC1CCCCC1. The molecule has 2 aromatic rings. The van der Waals surface area contributed by atoms with Crippen molar-refractivity contribution in [2.75, 3.05) is 6.61 Å². The largest absolute Gasteiger partial charge is 0.461 e. The molecule has 0 amide bonds. The maximum absolute atomic E-state index is 16.1. The summed E-state index contributed by atoms with van der Waals surface area (Å²) in [6.45, 7) is 1.47. The van der Waals surface area contributed by atoms with Crippen LogP contribution < -0.4 is 20.9 Å². The van der Waals surface area contributed by atoms with E-state index >= 15 is 4.39 Å². The van der Waals surface area contributed by atoms with Crippen molar-refractivity contribution < 1.29 is 42.5 Å². The van der Waals surface area contributed by atoms with Gasteiger partial charge in [-0.2, -0.15) is 5.09 Å². The zero-order valence-corrected chi connectivity index (χ0v) is 23.6. The van der Waals surface area contributed by atoms with Crippen LogP contribution in [0.15, 0.2) is 52.2 Å². The fourth-order valence-corrected chi connectivity index (χ4v) is 6.41. The van der Waals surface area contributed by atoms with E-state index in [1.165, 1.54) is 26.0 Å². The average Bonchev–Trinajstić information content (AvgIpc) is 3.19. The van der Waals surface area contributed by atoms with Gasteiger partial charge in [-0.1, -0.05) is 24.6 Å². The number of nitrogens with one attached hydrogen (secondary N) is 2. The van der Waals surface area contributed by atoms with Gasteiger partial charge in [-0.15, -0.1) is 0 Å². The highest BCUT2D eigenvalue weighted by Gasteiger charge is 2.59. The van der Waals surface area contributed by atoms with E-state index in [0.29, 0.717) is 0 Å². The van der Waals surface area contributed by atoms with E-state index in [0.717, 1.165) is 48.9 Å². The summed E-state index contributed by atoms with van der Waals surface area (Å²) in [7, 11) is -4.54. The van der Waals surface area contributed by atoms with Gasteiger partial charge < -0.3 is 24.2 Å². The molecular formula is C26H35FN3O10P. The van der Waals surface area contributed by atoms with E-state index in [1.54, 1.807) is 18.2 Å². The Morgan fingerprint density at radius 3 is 2.54 bits per heavy atom. The van der Waals surface area contributed by atoms with Gasteiger partial charge in [0.1, 0.15) is 36.8 Å². The van der Waals surface area contributed by atoms with Gasteiger partial charge in [-0.25, -0.2) is 13.8 Å². The van der Waals surface area contributed by atoms with Gasteiger partial charge in [0.15, 0.2) is 0 Å². The van der Waals surface area contributed by atoms with Crippen molar-refractivity contribution in [3.63, 3.8) is 0 Å². The highest BCUT2D eigenvalue weighted by atomic mass is 31.2. The van der Waals surface area contributed by atoms with E-state index in [-0.39, 0.29) is 11.9 Å². The number of aliphatic hydroxyl groups is 2. The highest BCUT2D eigenvalue weighted by Crippen LogP contribution is 2.49. The first-order valence-corrected chi connectivity index (χ1v) is 15.0. The van der Waals surface area contributed by atoms with Gasteiger partial charge in [-0.3, -0.25) is 23.7 Å². The first-order valence-electron chi connectivity index (χ1n) is 13.4. The lowest BCUT2D eigenvalue weighted by molar-refractivity contribution is -0.204. The van der Waals surface area contributed by atoms with Crippen LogP contribution in [0.2, 0.25) is 0 Å². The number of ether oxygens (including phenoxy) is 2. The summed E-state index contributed by atoms with van der Waals surface area (Å²) in [4.78, 5) is 38.6. The van der Waals surface area contributed by atoms with E-state index < -0.39 is 67.8 Å². The first kappa shape index (κ1) is 31.1. The Labute approximate surface area is 235 Å². The number of para-hydroxylation sites is 1. The van der Waals surface area contributed by atoms with E-state index in [2.05, 4.69) is 5.09 Å². The smallest absolute Gasteiger partial charge is 0.459 e. The minimum absolute atomic E-state index is 0.0801. The minimum Gasteiger partial charge on any atom is -0.461 e. The van der Waals surface area contributed by atoms with Gasteiger partial charge in [0.2, 0.25) is 0 Å². The Morgan fingerprint density at radius 2 is 1.90 bits per heavy atom. The fourth-order valence-electron chi connectivity index (χ4n) is 4.91. The molecule has 15 heteroatoms. The van der Waals surface area contributed by atoms with Gasteiger partial charge in [0, 0.05) is 12.3 Å². The average molecular weight is 600 g/mol. The number of hydrogen-bond donors (Lipinski definition) is 4. The molecule has 1 aromatic heterocycles. The molecule has 0 bridgehead atoms. The van der Waals surface area contributed by atoms with Crippen molar-refractivity contribution >= 4 is 13.7 Å². The van der Waals surface area contributed by atoms with Crippen LogP contribution in [-0.2, 0) is 23.4 Å². The van der Waals surface area contributed by atoms with Crippen LogP contribution in [0.3, 0.4) is 0 Å². The normalized spacial score (nSPS) is 28.0. The van der Waals surface area contributed by atoms with Crippen LogP contribution in [0, 0.1) is 5.92 Å². The third kappa shape index (κ3) is 7.51. The first-order chi connectivity index (χ1) is 19.4. The van der Waals surface area contributed by atoms with E-state index in [1.807, 2.05) is 4.98 Å². The van der Waals surface area contributed by atoms with Crippen molar-refractivity contribution in [1.82, 2.24) is 14.6 Å². The van der Waals surface area contributed by atoms with Crippen LogP contribution in [0.1, 0.15) is 52.2 Å². The van der Waals surface area contributed by atoms with Crippen LogP contribution in [0.4, 0.5) is 4.39 Å². The number of rotatable bonds is 11. The third-order valence-corrected chi connectivity index (χ3v) is 8.70. The second-order valence-corrected chi connectivity index (χ2v) is 12.0. The lowest BCUT2D eigenvalue weighted by atomic mass is 9.93. The molecule has 4 rings (SSSR count). The predicted molar refractivity (Wildman–Crippen MR) is 143 cm³/mol. The standard InChI is InChI=1S/C26H35FN3O10P/c1-16(24(34)38-18-9-5-3-6-10-18)29-41(36,40-19-11-7-4-8-12-19)37-15-26(27)22(33)21(17(2)31)23(39-26)30-14-13-20(32)28-25(30)35/h4,7-8,11-14,16-18,21-23,31,33H,3,5-6,9-10,15H2,1-2H3,(H,29,36)(H,28,32,35). The number of aromatic nitrogens is 2. The van der Waals surface area contributed by atoms with Crippen LogP contribution in [0.25, 0.3) is 0 Å². The molecule has 226 valence electrons. The number of benzene rings is 1. The topological polar surface area (TPSA) is 178 Å². The Bertz CT molecular complexity index is 1350. The highest BCUT2D eigenvalue weighted by molar-refractivity contribution is 7.52. The molecule has 2 aliphatic rings. The third-order valence-electron chi connectivity index (χ3n) is 7.07. The summed E-state index contributed by atoms with van der Waals surface area (Å²) in [6, 6.07) is 7.62. The number of nitrogens with zero attached hydrogens (tertiary/aromatic N) is 1. The van der Waals surface area contributed by atoms with Gasteiger partial charge in [-0.05, 0) is 51.7 Å². The number of carbonyl (C=O) groups excluding carboxylic acids is 1. The molecule has 13 nitrogen and oxygen atoms in total. The molecule has 1 saturated carbocycles. The van der Waals surface area contributed by atoms with Gasteiger partial charge >= 0.3 is 19.4 Å². The second-order valence-electron chi connectivity index (χ2n) is 10.3. The van der Waals surface area contributed by atoms with Gasteiger partial charge in [0.25, 0.3) is 11.4 Å². The second kappa shape index (κ2) is 13.0. The lowest BCUT2D eigenvalue weighted by Crippen LogP contribution is -2.44. The van der Waals surface area contributed by atoms with Crippen molar-refractivity contribution in [3.8, 4) is 5.75 Å². The molecule has 1 aromatic carbocycles. The summed E-state index contributed by atoms with van der Waals surface area (Å²) in [6.07, 6.45) is 0.114. The molecular weight excluding hydrogens is 564 g/mol. The maximum atomic E-state index is 16.1. The molecule has 1 saturated heterocycles. The molecule has 0 spiro atoms. The number of esters is 1. The summed E-state index contributed by atoms with van der Waals surface area (Å²) in [5.74, 6) is -5.10. The molecule has 41 heavy (non-hydrogen) atoms. The zero-order chi connectivity index (χ0) is 29.8. The number of carbonyl (C=O) groups is 1. The Kier molecular flexibility index (Phi) is 9.83. The number of aromatic amines is 1. The van der Waals surface area contributed by atoms with Crippen molar-refractivity contribution in [2.45, 2.75) is 82.4 Å². The van der Waals surface area contributed by atoms with E-state index in [4.69, 9.17) is 18.5 Å². The number of aliphatic hydroxyl groups excluding tert-OH is 2. The van der Waals surface area contributed by atoms with Crippen LogP contribution in [-0.4, -0.2) is 62.5 Å². The number of halogens is 1. The van der Waals surface area contributed by atoms with Crippen molar-refractivity contribution in [3.05, 3.63) is 63.4 Å². The molecule has 1 aliphatic heterocycles. The summed E-state index contributed by atoms with van der Waals surface area (Å²) >= 11 is 0. The summed E-state index contributed by atoms with van der Waals surface area (Å²) in [5, 5.41) is 23.6. The summed E-state index contributed by atoms with van der Waals surface area (Å²) in [5.41, 5.74) is -1.68. The molecule has 1 aliphatic carbocycles. The van der Waals surface area contributed by atoms with Crippen LogP contribution >= 0.6 is 7.75 Å². The lowest BCUT2D eigenvalue weighted by Gasteiger charge is -2.29. The molecule has 2 fully saturated rings. The Balaban J connectivity index is 1.54. The molecule has 2 heterocycles. The Morgan fingerprint density at radius 1 is 1.22 bits per heavy atom. The Hall–Kier alpha value is -2.87. The molecule has 7 unspecified atom stereocenters. The summed E-state index contributed by atoms with van der Waals surface area (Å²) < 4.78 is 52.6. The minimum atomic E-state index is -4.54. The quantitative estimate of drug-likeness (QED) is 0.220. The maximum Gasteiger partial charge on any atom is 0.459 e. The van der Waals surface area contributed by atoms with E-state index in [9.17, 15) is 29.2 Å². The van der Waals surface area contributed by atoms with Gasteiger partial charge in [0.05, 0.1) is 12.0 Å².